The van der Waals surface area contributed by atoms with E-state index in [1.54, 1.807) is 75.8 Å². The molecule has 25 heteroatoms. The van der Waals surface area contributed by atoms with Gasteiger partial charge < -0.3 is 10.2 Å². The molecule has 0 saturated carbocycles. The van der Waals surface area contributed by atoms with Crippen LogP contribution in [-0.2, 0) is 31.2 Å². The Morgan fingerprint density at radius 1 is 0.561 bits per heavy atom. The molecule has 0 atom stereocenters. The average Bonchev–Trinajstić information content (AvgIpc) is 3.27. The molecule has 4 heterocycles. The topological polar surface area (TPSA) is 115 Å². The number of imidazole rings is 2. The van der Waals surface area contributed by atoms with Crippen molar-refractivity contribution in [2.75, 3.05) is 0 Å². The zero-order valence-corrected chi connectivity index (χ0v) is 22.6. The fourth-order valence-electron chi connectivity index (χ4n) is 2.06. The fourth-order valence-corrected chi connectivity index (χ4v) is 2.06. The van der Waals surface area contributed by atoms with Gasteiger partial charge in [-0.05, 0) is 12.1 Å². The maximum Gasteiger partial charge on any atom is 2.00 e. The fraction of sp³-hybridized carbons (Fsp3) is 0.125. The molecule has 0 saturated heterocycles. The number of hydrogen-bond donors (Lipinski definition) is 0. The van der Waals surface area contributed by atoms with Gasteiger partial charge in [-0.15, -0.1) is 0 Å². The van der Waals surface area contributed by atoms with Crippen LogP contribution in [0.2, 0.25) is 0 Å². The van der Waals surface area contributed by atoms with E-state index in [1.807, 2.05) is 0 Å². The molecule has 0 spiro atoms. The molecule has 4 aromatic rings. The van der Waals surface area contributed by atoms with Gasteiger partial charge in [0.1, 0.15) is 24.8 Å². The molecule has 1 radical (unpaired) electrons. The van der Waals surface area contributed by atoms with Crippen LogP contribution in [-0.4, -0.2) is 29.1 Å². The second kappa shape index (κ2) is 11.2. The summed E-state index contributed by atoms with van der Waals surface area (Å²) in [4.78, 5) is 15.8. The first-order valence-electron chi connectivity index (χ1n) is 9.63. The van der Waals surface area contributed by atoms with Crippen LogP contribution in [0.15, 0.2) is 61.7 Å². The normalized spacial score (nSPS) is 14.4. The van der Waals surface area contributed by atoms with Crippen LogP contribution in [0.4, 0.5) is 50.4 Å². The van der Waals surface area contributed by atoms with Gasteiger partial charge in [0.25, 0.3) is 0 Å². The summed E-state index contributed by atoms with van der Waals surface area (Å²) in [6.07, 6.45) is 13.0. The van der Waals surface area contributed by atoms with E-state index in [2.05, 4.69) is 19.9 Å². The summed E-state index contributed by atoms with van der Waals surface area (Å²) >= 11 is 0. The molecule has 10 nitrogen and oxygen atoms in total. The van der Waals surface area contributed by atoms with E-state index in [1.165, 1.54) is 18.3 Å². The van der Waals surface area contributed by atoms with Crippen LogP contribution >= 0.6 is 15.6 Å². The van der Waals surface area contributed by atoms with Crippen molar-refractivity contribution in [2.24, 2.45) is 14.1 Å². The Balaban J connectivity index is 0.000000541. The molecule has 0 unspecified atom stereocenters. The van der Waals surface area contributed by atoms with Gasteiger partial charge in [-0.25, -0.2) is 9.13 Å². The van der Waals surface area contributed by atoms with Gasteiger partial charge in [-0.3, -0.25) is 0 Å². The minimum Gasteiger partial charge on any atom is 2.00 e. The third-order valence-electron chi connectivity index (χ3n) is 3.43. The van der Waals surface area contributed by atoms with E-state index in [-0.39, 0.29) is 29.1 Å². The first-order valence-corrected chi connectivity index (χ1v) is 13.7. The van der Waals surface area contributed by atoms with Crippen molar-refractivity contribution >= 4 is 15.6 Å². The van der Waals surface area contributed by atoms with Crippen molar-refractivity contribution in [3.63, 3.8) is 0 Å². The Morgan fingerprint density at radius 2 is 0.780 bits per heavy atom. The minimum absolute atomic E-state index is 0. The SMILES string of the molecule is C[n+]1ccn(-c2ncccn2)c1[O-].C[n+]1ccn(-c2ncccn2)c1[O-].F[P-](F)(F)(F)(F)F.F[P-](F)(F)(F)(F)F.[Cu+2]. The van der Waals surface area contributed by atoms with E-state index >= 15 is 0 Å². The summed E-state index contributed by atoms with van der Waals surface area (Å²) in [6.45, 7) is 0. The second-order valence-corrected chi connectivity index (χ2v) is 11.0. The molecule has 0 aromatic carbocycles. The minimum atomic E-state index is -10.7. The van der Waals surface area contributed by atoms with Gasteiger partial charge >= 0.3 is 94.9 Å². The first-order chi connectivity index (χ1) is 17.5. The Labute approximate surface area is 231 Å². The zero-order chi connectivity index (χ0) is 31.3. The van der Waals surface area contributed by atoms with Crippen molar-refractivity contribution < 1.29 is 86.8 Å². The molecule has 4 aromatic heterocycles. The quantitative estimate of drug-likeness (QED) is 0.124. The first kappa shape index (κ1) is 37.7. The summed E-state index contributed by atoms with van der Waals surface area (Å²) in [5.74, 6) is 0.793. The predicted molar refractivity (Wildman–Crippen MR) is 111 cm³/mol. The molecular formula is C16H16CuF12N8O2P2. The molecule has 0 amide bonds. The molecule has 41 heavy (non-hydrogen) atoms. The van der Waals surface area contributed by atoms with Crippen LogP contribution in [0.25, 0.3) is 11.9 Å². The van der Waals surface area contributed by atoms with Crippen molar-refractivity contribution in [2.45, 2.75) is 0 Å². The van der Waals surface area contributed by atoms with Gasteiger partial charge in [0, 0.05) is 24.8 Å². The molecule has 0 fully saturated rings. The van der Waals surface area contributed by atoms with Crippen molar-refractivity contribution in [1.29, 1.82) is 0 Å². The Morgan fingerprint density at radius 3 is 0.951 bits per heavy atom. The van der Waals surface area contributed by atoms with Crippen LogP contribution in [0, 0.1) is 0 Å². The van der Waals surface area contributed by atoms with Gasteiger partial charge in [0.05, 0.1) is 14.1 Å². The van der Waals surface area contributed by atoms with E-state index in [4.69, 9.17) is 0 Å². The molecule has 0 bridgehead atoms. The smallest absolute Gasteiger partial charge is 2.00 e. The summed E-state index contributed by atoms with van der Waals surface area (Å²) in [5, 5.41) is 22.8. The van der Waals surface area contributed by atoms with Crippen molar-refractivity contribution in [1.82, 2.24) is 29.1 Å². The third kappa shape index (κ3) is 20.3. The van der Waals surface area contributed by atoms with Gasteiger partial charge in [0.15, 0.2) is 0 Å². The standard InChI is InChI=1S/2C8H8N4O.Cu.2F6P/c2*1-11-5-6-12(8(11)13)7-9-3-2-4-10-7;;2*1-7(2,3,4,5)6/h2*2-6H,1H3;;;/q;;+2;2*-1. The Bertz CT molecular complexity index is 1290. The number of rotatable bonds is 2. The van der Waals surface area contributed by atoms with Crippen molar-refractivity contribution in [3.8, 4) is 23.9 Å². The van der Waals surface area contributed by atoms with Crippen LogP contribution in [0.3, 0.4) is 0 Å². The zero-order valence-electron chi connectivity index (χ0n) is 19.9. The van der Waals surface area contributed by atoms with Gasteiger partial charge in [0.2, 0.25) is 12.0 Å². The van der Waals surface area contributed by atoms with Gasteiger partial charge in [-0.2, -0.15) is 29.1 Å². The molecule has 237 valence electrons. The van der Waals surface area contributed by atoms with E-state index in [9.17, 15) is 60.6 Å². The van der Waals surface area contributed by atoms with Crippen LogP contribution < -0.4 is 19.3 Å². The number of nitrogens with zero attached hydrogens (tertiary/aromatic N) is 8. The third-order valence-corrected chi connectivity index (χ3v) is 3.43. The predicted octanol–water partition coefficient (Wildman–Crippen LogP) is 5.09. The number of halogens is 12. The largest absolute Gasteiger partial charge is 2.00 e. The van der Waals surface area contributed by atoms with E-state index in [0.717, 1.165) is 0 Å². The number of aromatic nitrogens is 8. The maximum atomic E-state index is 11.4. The summed E-state index contributed by atoms with van der Waals surface area (Å²) in [6, 6.07) is 3.12. The monoisotopic (exact) mass is 705 g/mol. The average molecular weight is 706 g/mol. The summed E-state index contributed by atoms with van der Waals surface area (Å²) in [7, 11) is -18.0. The summed E-state index contributed by atoms with van der Waals surface area (Å²) in [5.41, 5.74) is 0. The summed E-state index contributed by atoms with van der Waals surface area (Å²) < 4.78 is 124. The molecule has 0 aliphatic heterocycles. The van der Waals surface area contributed by atoms with E-state index in [0.29, 0.717) is 11.9 Å². The molecule has 0 aliphatic carbocycles. The molecule has 0 N–H and O–H groups in total. The number of aryl methyl sites for hydroxylation is 2. The number of hydrogen-bond acceptors (Lipinski definition) is 6. The molecular weight excluding hydrogens is 690 g/mol. The Hall–Kier alpha value is -3.28. The maximum absolute atomic E-state index is 11.4. The second-order valence-electron chi connectivity index (χ2n) is 7.14. The van der Waals surface area contributed by atoms with Crippen LogP contribution in [0.5, 0.6) is 12.0 Å². The van der Waals surface area contributed by atoms with Crippen LogP contribution in [0.1, 0.15) is 0 Å². The van der Waals surface area contributed by atoms with E-state index < -0.39 is 15.6 Å². The molecule has 0 aliphatic rings. The molecule has 4 rings (SSSR count). The Kier molecular flexibility index (Phi) is 10.3. The van der Waals surface area contributed by atoms with Gasteiger partial charge in [-0.1, -0.05) is 0 Å². The van der Waals surface area contributed by atoms with Crippen molar-refractivity contribution in [3.05, 3.63) is 61.7 Å².